The second-order valence-corrected chi connectivity index (χ2v) is 4.66. The third-order valence-corrected chi connectivity index (χ3v) is 3.35. The summed E-state index contributed by atoms with van der Waals surface area (Å²) in [7, 11) is 2.04. The van der Waals surface area contributed by atoms with Crippen LogP contribution in [0, 0.1) is 5.92 Å². The predicted octanol–water partition coefficient (Wildman–Crippen LogP) is 2.11. The summed E-state index contributed by atoms with van der Waals surface area (Å²) in [6, 6.07) is 7.59. The largest absolute Gasteiger partial charge is 0.326 e. The average molecular weight is 222 g/mol. The molecule has 0 radical (unpaired) electrons. The summed E-state index contributed by atoms with van der Waals surface area (Å²) in [5.74, 6) is 0.137. The van der Waals surface area contributed by atoms with Gasteiger partial charge in [0.2, 0.25) is 0 Å². The summed E-state index contributed by atoms with van der Waals surface area (Å²) in [6.45, 7) is 2.33. The highest BCUT2D eigenvalue weighted by Crippen LogP contribution is 2.32. The third-order valence-electron chi connectivity index (χ3n) is 3.35. The molecular formula is C13H19FN2. The van der Waals surface area contributed by atoms with E-state index in [0.29, 0.717) is 6.54 Å². The first-order chi connectivity index (χ1) is 7.70. The topological polar surface area (TPSA) is 29.3 Å². The van der Waals surface area contributed by atoms with Gasteiger partial charge < -0.3 is 10.6 Å². The van der Waals surface area contributed by atoms with Gasteiger partial charge in [0.05, 0.1) is 0 Å². The second kappa shape index (κ2) is 4.93. The zero-order valence-corrected chi connectivity index (χ0v) is 9.70. The van der Waals surface area contributed by atoms with Crippen LogP contribution in [0.3, 0.4) is 0 Å². The molecule has 2 unspecified atom stereocenters. The van der Waals surface area contributed by atoms with Crippen molar-refractivity contribution < 1.29 is 4.39 Å². The molecule has 2 atom stereocenters. The third kappa shape index (κ3) is 2.42. The molecule has 1 aliphatic heterocycles. The van der Waals surface area contributed by atoms with Crippen LogP contribution in [-0.4, -0.2) is 25.0 Å². The minimum absolute atomic E-state index is 0.137. The fourth-order valence-corrected chi connectivity index (χ4v) is 2.37. The van der Waals surface area contributed by atoms with E-state index in [-0.39, 0.29) is 5.92 Å². The Hall–Kier alpha value is -0.930. The van der Waals surface area contributed by atoms with Gasteiger partial charge in [0.15, 0.2) is 0 Å². The van der Waals surface area contributed by atoms with Crippen molar-refractivity contribution in [2.45, 2.75) is 19.1 Å². The van der Waals surface area contributed by atoms with Gasteiger partial charge in [0.1, 0.15) is 6.17 Å². The van der Waals surface area contributed by atoms with Crippen molar-refractivity contribution in [3.05, 3.63) is 35.4 Å². The van der Waals surface area contributed by atoms with Crippen LogP contribution >= 0.6 is 0 Å². The number of likely N-dealkylation sites (tertiary alicyclic amines) is 1. The highest BCUT2D eigenvalue weighted by Gasteiger charge is 2.28. The zero-order valence-electron chi connectivity index (χ0n) is 9.70. The van der Waals surface area contributed by atoms with Crippen molar-refractivity contribution in [1.82, 2.24) is 4.90 Å². The fraction of sp³-hybridized carbons (Fsp3) is 0.538. The number of nitrogens with zero attached hydrogens (tertiary/aromatic N) is 1. The van der Waals surface area contributed by atoms with Crippen LogP contribution in [0.15, 0.2) is 24.3 Å². The van der Waals surface area contributed by atoms with Gasteiger partial charge in [0, 0.05) is 19.0 Å². The van der Waals surface area contributed by atoms with E-state index in [1.807, 2.05) is 31.3 Å². The highest BCUT2D eigenvalue weighted by atomic mass is 19.1. The number of halogens is 1. The Bertz CT molecular complexity index is 354. The molecule has 1 aromatic carbocycles. The first kappa shape index (κ1) is 11.6. The minimum atomic E-state index is -0.851. The van der Waals surface area contributed by atoms with E-state index in [9.17, 15) is 4.39 Å². The van der Waals surface area contributed by atoms with Crippen molar-refractivity contribution in [2.75, 3.05) is 20.1 Å². The van der Waals surface area contributed by atoms with Crippen molar-refractivity contribution in [1.29, 1.82) is 0 Å². The standard InChI is InChI=1S/C13H19FN2/c1-16-6-5-12(9-16)13(14)11-4-2-3-10(7-11)8-15/h2-4,7,12-13H,5-6,8-9,15H2,1H3. The van der Waals surface area contributed by atoms with Gasteiger partial charge in [-0.1, -0.05) is 24.3 Å². The molecule has 16 heavy (non-hydrogen) atoms. The molecule has 0 bridgehead atoms. The van der Waals surface area contributed by atoms with E-state index in [1.54, 1.807) is 0 Å². The van der Waals surface area contributed by atoms with Crippen LogP contribution in [0.1, 0.15) is 23.7 Å². The number of hydrogen-bond donors (Lipinski definition) is 1. The summed E-state index contributed by atoms with van der Waals surface area (Å²) in [5, 5.41) is 0. The van der Waals surface area contributed by atoms with E-state index in [2.05, 4.69) is 4.90 Å². The fourth-order valence-electron chi connectivity index (χ4n) is 2.37. The average Bonchev–Trinajstić information content (AvgIpc) is 2.75. The SMILES string of the molecule is CN1CCC(C(F)c2cccc(CN)c2)C1. The van der Waals surface area contributed by atoms with Gasteiger partial charge in [-0.2, -0.15) is 0 Å². The van der Waals surface area contributed by atoms with Gasteiger partial charge >= 0.3 is 0 Å². The molecule has 88 valence electrons. The van der Waals surface area contributed by atoms with Crippen LogP contribution in [0.5, 0.6) is 0 Å². The maximum Gasteiger partial charge on any atom is 0.129 e. The van der Waals surface area contributed by atoms with E-state index < -0.39 is 6.17 Å². The molecule has 2 nitrogen and oxygen atoms in total. The zero-order chi connectivity index (χ0) is 11.5. The molecule has 1 aliphatic rings. The lowest BCUT2D eigenvalue weighted by molar-refractivity contribution is 0.232. The monoisotopic (exact) mass is 222 g/mol. The van der Waals surface area contributed by atoms with Gasteiger partial charge in [-0.05, 0) is 31.1 Å². The maximum atomic E-state index is 14.3. The molecule has 1 fully saturated rings. The van der Waals surface area contributed by atoms with E-state index >= 15 is 0 Å². The molecule has 1 aromatic rings. The summed E-state index contributed by atoms with van der Waals surface area (Å²) in [5.41, 5.74) is 7.35. The predicted molar refractivity (Wildman–Crippen MR) is 63.8 cm³/mol. The Morgan fingerprint density at radius 1 is 1.56 bits per heavy atom. The first-order valence-electron chi connectivity index (χ1n) is 5.82. The van der Waals surface area contributed by atoms with Gasteiger partial charge in [0.25, 0.3) is 0 Å². The van der Waals surface area contributed by atoms with Crippen LogP contribution in [0.25, 0.3) is 0 Å². The molecule has 0 saturated carbocycles. The number of alkyl halides is 1. The molecule has 0 spiro atoms. The smallest absolute Gasteiger partial charge is 0.129 e. The van der Waals surface area contributed by atoms with Gasteiger partial charge in [-0.15, -0.1) is 0 Å². The van der Waals surface area contributed by atoms with Gasteiger partial charge in [-0.25, -0.2) is 4.39 Å². The first-order valence-corrected chi connectivity index (χ1v) is 5.82. The van der Waals surface area contributed by atoms with Crippen LogP contribution in [-0.2, 0) is 6.54 Å². The maximum absolute atomic E-state index is 14.3. The van der Waals surface area contributed by atoms with Crippen molar-refractivity contribution >= 4 is 0 Å². The number of rotatable bonds is 3. The Morgan fingerprint density at radius 2 is 2.38 bits per heavy atom. The van der Waals surface area contributed by atoms with Crippen molar-refractivity contribution in [3.8, 4) is 0 Å². The molecule has 2 N–H and O–H groups in total. The Kier molecular flexibility index (Phi) is 3.56. The Balaban J connectivity index is 2.10. The molecule has 0 aromatic heterocycles. The van der Waals surface area contributed by atoms with Crippen LogP contribution < -0.4 is 5.73 Å². The Morgan fingerprint density at radius 3 is 3.00 bits per heavy atom. The lowest BCUT2D eigenvalue weighted by Crippen LogP contribution is -2.16. The second-order valence-electron chi connectivity index (χ2n) is 4.66. The van der Waals surface area contributed by atoms with E-state index in [0.717, 1.165) is 30.6 Å². The van der Waals surface area contributed by atoms with Crippen molar-refractivity contribution in [2.24, 2.45) is 11.7 Å². The Labute approximate surface area is 96.2 Å². The molecule has 1 saturated heterocycles. The summed E-state index contributed by atoms with van der Waals surface area (Å²) in [6.07, 6.45) is 0.0984. The van der Waals surface area contributed by atoms with Crippen LogP contribution in [0.2, 0.25) is 0 Å². The number of benzene rings is 1. The highest BCUT2D eigenvalue weighted by molar-refractivity contribution is 5.25. The van der Waals surface area contributed by atoms with E-state index in [4.69, 9.17) is 5.73 Å². The summed E-state index contributed by atoms with van der Waals surface area (Å²) >= 11 is 0. The molecule has 3 heteroatoms. The molecule has 1 heterocycles. The van der Waals surface area contributed by atoms with Crippen molar-refractivity contribution in [3.63, 3.8) is 0 Å². The summed E-state index contributed by atoms with van der Waals surface area (Å²) in [4.78, 5) is 2.18. The molecule has 2 rings (SSSR count). The lowest BCUT2D eigenvalue weighted by atomic mass is 9.95. The van der Waals surface area contributed by atoms with Crippen LogP contribution in [0.4, 0.5) is 4.39 Å². The lowest BCUT2D eigenvalue weighted by Gasteiger charge is -2.16. The normalized spacial score (nSPS) is 23.6. The number of nitrogens with two attached hydrogens (primary N) is 1. The number of hydrogen-bond acceptors (Lipinski definition) is 2. The molecule has 0 amide bonds. The quantitative estimate of drug-likeness (QED) is 0.848. The van der Waals surface area contributed by atoms with Gasteiger partial charge in [-0.3, -0.25) is 0 Å². The van der Waals surface area contributed by atoms with E-state index in [1.165, 1.54) is 0 Å². The minimum Gasteiger partial charge on any atom is -0.326 e. The molecular weight excluding hydrogens is 203 g/mol. The molecule has 0 aliphatic carbocycles. The summed E-state index contributed by atoms with van der Waals surface area (Å²) < 4.78 is 14.3.